The maximum Gasteiger partial charge on any atom is 0.352 e. The molecule has 3 nitrogen and oxygen atoms in total. The van der Waals surface area contributed by atoms with Crippen LogP contribution < -0.4 is 0 Å². The van der Waals surface area contributed by atoms with E-state index in [9.17, 15) is 9.90 Å². The topological polar surface area (TPSA) is 53.1 Å². The number of fused-ring (bicyclic) bond motifs is 3. The number of aromatic carboxylic acids is 1. The Bertz CT molecular complexity index is 975. The zero-order valence-corrected chi connectivity index (χ0v) is 14.1. The van der Waals surface area contributed by atoms with Crippen molar-refractivity contribution >= 4 is 29.2 Å². The van der Waals surface area contributed by atoms with Crippen molar-refractivity contribution < 1.29 is 9.90 Å². The van der Waals surface area contributed by atoms with Gasteiger partial charge in [-0.05, 0) is 30.0 Å². The van der Waals surface area contributed by atoms with Gasteiger partial charge in [0, 0.05) is 16.7 Å². The fourth-order valence-corrected chi connectivity index (χ4v) is 3.81. The number of benzene rings is 2. The molecule has 0 amide bonds. The quantitative estimate of drug-likeness (QED) is 0.640. The van der Waals surface area contributed by atoms with Crippen LogP contribution in [0.1, 0.15) is 21.6 Å². The zero-order chi connectivity index (χ0) is 16.8. The number of aromatic nitrogens is 1. The summed E-state index contributed by atoms with van der Waals surface area (Å²) in [5, 5.41) is 10.5. The molecule has 0 aliphatic heterocycles. The summed E-state index contributed by atoms with van der Waals surface area (Å²) in [7, 11) is 0. The highest BCUT2D eigenvalue weighted by Crippen LogP contribution is 2.44. The molecule has 0 fully saturated rings. The van der Waals surface area contributed by atoms with Crippen molar-refractivity contribution in [2.45, 2.75) is 12.8 Å². The first-order chi connectivity index (χ1) is 11.6. The van der Waals surface area contributed by atoms with Crippen LogP contribution in [0.4, 0.5) is 0 Å². The number of H-pyrrole nitrogens is 1. The van der Waals surface area contributed by atoms with Crippen molar-refractivity contribution in [1.29, 1.82) is 0 Å². The van der Waals surface area contributed by atoms with Crippen molar-refractivity contribution in [3.63, 3.8) is 0 Å². The Hall–Kier alpha value is -2.23. The lowest BCUT2D eigenvalue weighted by atomic mass is 9.87. The Morgan fingerprint density at radius 2 is 1.75 bits per heavy atom. The van der Waals surface area contributed by atoms with E-state index in [2.05, 4.69) is 11.1 Å². The van der Waals surface area contributed by atoms with Crippen LogP contribution >= 0.6 is 23.2 Å². The van der Waals surface area contributed by atoms with Crippen LogP contribution in [0.15, 0.2) is 42.5 Å². The summed E-state index contributed by atoms with van der Waals surface area (Å²) in [6, 6.07) is 13.3. The van der Waals surface area contributed by atoms with Crippen molar-refractivity contribution in [3.05, 3.63) is 69.3 Å². The van der Waals surface area contributed by atoms with Gasteiger partial charge in [0.25, 0.3) is 0 Å². The zero-order valence-electron chi connectivity index (χ0n) is 12.6. The van der Waals surface area contributed by atoms with Gasteiger partial charge in [0.2, 0.25) is 0 Å². The van der Waals surface area contributed by atoms with E-state index >= 15 is 0 Å². The number of nitrogens with one attached hydrogen (secondary N) is 1. The third kappa shape index (κ3) is 2.24. The Balaban J connectivity index is 2.04. The predicted octanol–water partition coefficient (Wildman–Crippen LogP) is 5.45. The largest absolute Gasteiger partial charge is 0.477 e. The van der Waals surface area contributed by atoms with Gasteiger partial charge in [0.1, 0.15) is 5.69 Å². The SMILES string of the molecule is O=C(O)c1[nH]c2c(c1-c1cccc(Cl)c1Cl)CCc1ccccc1-2. The average Bonchev–Trinajstić information content (AvgIpc) is 2.97. The van der Waals surface area contributed by atoms with Crippen LogP contribution in [-0.4, -0.2) is 16.1 Å². The number of carbonyl (C=O) groups is 1. The number of carboxylic acids is 1. The van der Waals surface area contributed by atoms with Crippen LogP contribution in [0.5, 0.6) is 0 Å². The summed E-state index contributed by atoms with van der Waals surface area (Å²) in [6.45, 7) is 0. The second kappa shape index (κ2) is 5.69. The third-order valence-corrected chi connectivity index (χ3v) is 5.29. The number of aryl methyl sites for hydroxylation is 1. The van der Waals surface area contributed by atoms with Gasteiger partial charge in [-0.1, -0.05) is 59.6 Å². The molecule has 4 rings (SSSR count). The van der Waals surface area contributed by atoms with E-state index in [1.165, 1.54) is 5.56 Å². The normalized spacial score (nSPS) is 12.6. The fraction of sp³-hybridized carbons (Fsp3) is 0.105. The first kappa shape index (κ1) is 15.3. The first-order valence-electron chi connectivity index (χ1n) is 7.58. The van der Waals surface area contributed by atoms with Gasteiger partial charge in [-0.2, -0.15) is 0 Å². The number of aromatic amines is 1. The number of hydrogen-bond donors (Lipinski definition) is 2. The number of hydrogen-bond acceptors (Lipinski definition) is 1. The van der Waals surface area contributed by atoms with Crippen molar-refractivity contribution in [3.8, 4) is 22.4 Å². The second-order valence-electron chi connectivity index (χ2n) is 5.79. The van der Waals surface area contributed by atoms with Crippen LogP contribution in [0.25, 0.3) is 22.4 Å². The van der Waals surface area contributed by atoms with E-state index in [4.69, 9.17) is 23.2 Å². The highest BCUT2D eigenvalue weighted by atomic mass is 35.5. The predicted molar refractivity (Wildman–Crippen MR) is 96.1 cm³/mol. The second-order valence-corrected chi connectivity index (χ2v) is 6.58. The smallest absolute Gasteiger partial charge is 0.352 e. The standard InChI is InChI=1S/C19H13Cl2NO2/c20-14-7-3-6-12(16(14)21)15-13-9-8-10-4-1-2-5-11(10)17(13)22-18(15)19(23)24/h1-7,22H,8-9H2,(H,23,24). The molecule has 3 aromatic rings. The molecule has 0 atom stereocenters. The van der Waals surface area contributed by atoms with E-state index in [1.807, 2.05) is 24.3 Å². The number of rotatable bonds is 2. The fourth-order valence-electron chi connectivity index (χ4n) is 3.42. The molecule has 0 saturated carbocycles. The summed E-state index contributed by atoms with van der Waals surface area (Å²) in [5.41, 5.74) is 5.55. The van der Waals surface area contributed by atoms with Gasteiger partial charge in [-0.3, -0.25) is 0 Å². The minimum Gasteiger partial charge on any atom is -0.477 e. The van der Waals surface area contributed by atoms with Crippen molar-refractivity contribution in [1.82, 2.24) is 4.98 Å². The van der Waals surface area contributed by atoms with E-state index in [-0.39, 0.29) is 5.69 Å². The van der Waals surface area contributed by atoms with Crippen LogP contribution in [0.3, 0.4) is 0 Å². The Morgan fingerprint density at radius 1 is 1.00 bits per heavy atom. The molecular weight excluding hydrogens is 345 g/mol. The maximum absolute atomic E-state index is 11.8. The lowest BCUT2D eigenvalue weighted by Gasteiger charge is -2.17. The summed E-state index contributed by atoms with van der Waals surface area (Å²) >= 11 is 12.5. The Morgan fingerprint density at radius 3 is 2.54 bits per heavy atom. The number of halogens is 2. The molecule has 0 radical (unpaired) electrons. The van der Waals surface area contributed by atoms with Gasteiger partial charge in [-0.15, -0.1) is 0 Å². The molecule has 1 heterocycles. The minimum atomic E-state index is -1.01. The molecule has 1 aliphatic carbocycles. The maximum atomic E-state index is 11.8. The lowest BCUT2D eigenvalue weighted by molar-refractivity contribution is 0.0692. The van der Waals surface area contributed by atoms with E-state index in [0.29, 0.717) is 21.2 Å². The molecular formula is C19H13Cl2NO2. The Kier molecular flexibility index (Phi) is 3.63. The molecule has 5 heteroatoms. The summed E-state index contributed by atoms with van der Waals surface area (Å²) in [6.07, 6.45) is 1.62. The molecule has 1 aromatic heterocycles. The van der Waals surface area contributed by atoms with Crippen LogP contribution in [0.2, 0.25) is 10.0 Å². The summed E-state index contributed by atoms with van der Waals surface area (Å²) in [4.78, 5) is 14.9. The third-order valence-electron chi connectivity index (χ3n) is 4.47. The average molecular weight is 358 g/mol. The minimum absolute atomic E-state index is 0.154. The van der Waals surface area contributed by atoms with E-state index in [1.54, 1.807) is 12.1 Å². The first-order valence-corrected chi connectivity index (χ1v) is 8.34. The lowest BCUT2D eigenvalue weighted by Crippen LogP contribution is -2.03. The summed E-state index contributed by atoms with van der Waals surface area (Å²) in [5.74, 6) is -1.01. The monoisotopic (exact) mass is 357 g/mol. The van der Waals surface area contributed by atoms with Crippen LogP contribution in [0, 0.1) is 0 Å². The molecule has 0 unspecified atom stereocenters. The number of carboxylic acid groups (broad SMARTS) is 1. The molecule has 0 saturated heterocycles. The molecule has 1 aliphatic rings. The molecule has 0 bridgehead atoms. The molecule has 2 N–H and O–H groups in total. The van der Waals surface area contributed by atoms with Crippen LogP contribution in [-0.2, 0) is 12.8 Å². The van der Waals surface area contributed by atoms with Gasteiger partial charge >= 0.3 is 5.97 Å². The van der Waals surface area contributed by atoms with Gasteiger partial charge in [0.15, 0.2) is 0 Å². The van der Waals surface area contributed by atoms with E-state index in [0.717, 1.165) is 29.7 Å². The Labute approximate surface area is 148 Å². The van der Waals surface area contributed by atoms with Gasteiger partial charge in [0.05, 0.1) is 15.7 Å². The molecule has 2 aromatic carbocycles. The van der Waals surface area contributed by atoms with Gasteiger partial charge in [-0.25, -0.2) is 4.79 Å². The van der Waals surface area contributed by atoms with Crippen molar-refractivity contribution in [2.24, 2.45) is 0 Å². The molecule has 120 valence electrons. The molecule has 24 heavy (non-hydrogen) atoms. The molecule has 0 spiro atoms. The summed E-state index contributed by atoms with van der Waals surface area (Å²) < 4.78 is 0. The van der Waals surface area contributed by atoms with E-state index < -0.39 is 5.97 Å². The van der Waals surface area contributed by atoms with Crippen molar-refractivity contribution in [2.75, 3.05) is 0 Å². The highest BCUT2D eigenvalue weighted by Gasteiger charge is 2.28. The highest BCUT2D eigenvalue weighted by molar-refractivity contribution is 6.43. The van der Waals surface area contributed by atoms with Gasteiger partial charge < -0.3 is 10.1 Å².